The number of hydrogen-bond donors (Lipinski definition) is 0. The molecular formula is C24H34N4O3. The zero-order valence-corrected chi connectivity index (χ0v) is 19.5. The summed E-state index contributed by atoms with van der Waals surface area (Å²) in [6, 6.07) is 5.14. The molecule has 0 bridgehead atoms. The van der Waals surface area contributed by atoms with Gasteiger partial charge in [0.05, 0.1) is 11.6 Å². The van der Waals surface area contributed by atoms with E-state index in [0.717, 1.165) is 18.5 Å². The van der Waals surface area contributed by atoms with Gasteiger partial charge in [-0.15, -0.1) is 0 Å². The molecule has 2 aromatic rings. The molecular weight excluding hydrogens is 392 g/mol. The number of ketones is 2. The van der Waals surface area contributed by atoms with E-state index < -0.39 is 0 Å². The standard InChI is InChI=1S/C24H34N4O3/c1-15(2)22(24(30)17(5)6)21-13-18(27-31-21)9-7-8-10-20(29)23(16(3)4)28-12-11-19(14-25)26-28/h11-13,15-17,22-23H,7-10H2,1-6H3. The first kappa shape index (κ1) is 24.5. The number of nitrogens with zero attached hydrogens (tertiary/aromatic N) is 4. The lowest BCUT2D eigenvalue weighted by Gasteiger charge is -2.20. The van der Waals surface area contributed by atoms with Gasteiger partial charge in [-0.1, -0.05) is 46.7 Å². The van der Waals surface area contributed by atoms with Crippen LogP contribution in [0, 0.1) is 29.1 Å². The third-order valence-electron chi connectivity index (χ3n) is 5.50. The molecule has 0 spiro atoms. The molecule has 0 saturated heterocycles. The average molecular weight is 427 g/mol. The number of unbranched alkanes of at least 4 members (excludes halogenated alkanes) is 1. The molecule has 0 aliphatic heterocycles. The van der Waals surface area contributed by atoms with Gasteiger partial charge in [0.25, 0.3) is 0 Å². The summed E-state index contributed by atoms with van der Waals surface area (Å²) in [4.78, 5) is 25.3. The molecule has 7 nitrogen and oxygen atoms in total. The van der Waals surface area contributed by atoms with E-state index in [1.807, 2.05) is 53.7 Å². The Kier molecular flexibility index (Phi) is 8.73. The maximum Gasteiger partial charge on any atom is 0.162 e. The van der Waals surface area contributed by atoms with Gasteiger partial charge in [0, 0.05) is 24.6 Å². The van der Waals surface area contributed by atoms with Crippen LogP contribution in [0.2, 0.25) is 0 Å². The fourth-order valence-electron chi connectivity index (χ4n) is 3.88. The van der Waals surface area contributed by atoms with Gasteiger partial charge < -0.3 is 4.52 Å². The Morgan fingerprint density at radius 1 is 1.13 bits per heavy atom. The van der Waals surface area contributed by atoms with E-state index in [2.05, 4.69) is 10.3 Å². The summed E-state index contributed by atoms with van der Waals surface area (Å²) in [7, 11) is 0. The Balaban J connectivity index is 1.91. The van der Waals surface area contributed by atoms with Crippen LogP contribution >= 0.6 is 0 Å². The maximum atomic E-state index is 12.8. The number of nitriles is 1. The molecule has 2 aromatic heterocycles. The fourth-order valence-corrected chi connectivity index (χ4v) is 3.88. The highest BCUT2D eigenvalue weighted by Crippen LogP contribution is 2.29. The van der Waals surface area contributed by atoms with Crippen LogP contribution in [-0.4, -0.2) is 26.5 Å². The van der Waals surface area contributed by atoms with Crippen LogP contribution in [0.5, 0.6) is 0 Å². The first-order chi connectivity index (χ1) is 14.6. The van der Waals surface area contributed by atoms with Crippen LogP contribution in [0.4, 0.5) is 0 Å². The maximum absolute atomic E-state index is 12.8. The van der Waals surface area contributed by atoms with Gasteiger partial charge in [-0.3, -0.25) is 14.3 Å². The summed E-state index contributed by atoms with van der Waals surface area (Å²) < 4.78 is 7.11. The monoisotopic (exact) mass is 426 g/mol. The van der Waals surface area contributed by atoms with E-state index in [9.17, 15) is 9.59 Å². The highest BCUT2D eigenvalue weighted by molar-refractivity contribution is 5.87. The highest BCUT2D eigenvalue weighted by Gasteiger charge is 2.30. The highest BCUT2D eigenvalue weighted by atomic mass is 16.5. The second kappa shape index (κ2) is 11.0. The molecule has 31 heavy (non-hydrogen) atoms. The largest absolute Gasteiger partial charge is 0.360 e. The second-order valence-electron chi connectivity index (χ2n) is 9.15. The Bertz CT molecular complexity index is 917. The van der Waals surface area contributed by atoms with Gasteiger partial charge >= 0.3 is 0 Å². The van der Waals surface area contributed by atoms with Crippen molar-refractivity contribution in [3.63, 3.8) is 0 Å². The topological polar surface area (TPSA) is 102 Å². The number of aryl methyl sites for hydroxylation is 1. The molecule has 0 radical (unpaired) electrons. The number of aromatic nitrogens is 3. The minimum atomic E-state index is -0.366. The van der Waals surface area contributed by atoms with Crippen molar-refractivity contribution in [2.24, 2.45) is 17.8 Å². The van der Waals surface area contributed by atoms with E-state index >= 15 is 0 Å². The zero-order chi connectivity index (χ0) is 23.1. The lowest BCUT2D eigenvalue weighted by atomic mass is 9.84. The summed E-state index contributed by atoms with van der Waals surface area (Å²) in [5.74, 6) is 0.814. The van der Waals surface area contributed by atoms with Crippen LogP contribution in [0.3, 0.4) is 0 Å². The van der Waals surface area contributed by atoms with Gasteiger partial charge in [0.15, 0.2) is 11.5 Å². The lowest BCUT2D eigenvalue weighted by molar-refractivity contribution is -0.125. The van der Waals surface area contributed by atoms with Crippen molar-refractivity contribution in [1.82, 2.24) is 14.9 Å². The van der Waals surface area contributed by atoms with Crippen molar-refractivity contribution < 1.29 is 14.1 Å². The quantitative estimate of drug-likeness (QED) is 0.448. The third-order valence-corrected chi connectivity index (χ3v) is 5.50. The smallest absolute Gasteiger partial charge is 0.162 e. The van der Waals surface area contributed by atoms with Crippen LogP contribution in [0.25, 0.3) is 0 Å². The Morgan fingerprint density at radius 3 is 2.39 bits per heavy atom. The lowest BCUT2D eigenvalue weighted by Crippen LogP contribution is -2.25. The van der Waals surface area contributed by atoms with Crippen molar-refractivity contribution in [1.29, 1.82) is 5.26 Å². The molecule has 2 unspecified atom stereocenters. The number of hydrogen-bond acceptors (Lipinski definition) is 6. The molecule has 0 saturated carbocycles. The second-order valence-corrected chi connectivity index (χ2v) is 9.15. The van der Waals surface area contributed by atoms with Gasteiger partial charge in [0.1, 0.15) is 23.7 Å². The summed E-state index contributed by atoms with van der Waals surface area (Å²) in [6.45, 7) is 11.8. The first-order valence-electron chi connectivity index (χ1n) is 11.1. The number of carbonyl (C=O) groups is 2. The molecule has 2 rings (SSSR count). The molecule has 0 aliphatic carbocycles. The van der Waals surface area contributed by atoms with Crippen molar-refractivity contribution in [2.75, 3.05) is 0 Å². The minimum absolute atomic E-state index is 0.0557. The van der Waals surface area contributed by atoms with Crippen LogP contribution < -0.4 is 0 Å². The van der Waals surface area contributed by atoms with Crippen LogP contribution in [-0.2, 0) is 16.0 Å². The molecule has 168 valence electrons. The Labute approximate surface area is 184 Å². The van der Waals surface area contributed by atoms with Gasteiger partial charge in [-0.05, 0) is 37.2 Å². The Hall–Kier alpha value is -2.75. The SMILES string of the molecule is CC(C)C(=O)C(c1cc(CCCCC(=O)C(C(C)C)n2ccc(C#N)n2)no1)C(C)C. The molecule has 0 N–H and O–H groups in total. The van der Waals surface area contributed by atoms with Crippen molar-refractivity contribution >= 4 is 11.6 Å². The molecule has 2 atom stereocenters. The Morgan fingerprint density at radius 2 is 1.84 bits per heavy atom. The zero-order valence-electron chi connectivity index (χ0n) is 19.5. The van der Waals surface area contributed by atoms with E-state index in [1.165, 1.54) is 0 Å². The predicted molar refractivity (Wildman–Crippen MR) is 117 cm³/mol. The predicted octanol–water partition coefficient (Wildman–Crippen LogP) is 4.89. The molecule has 0 aliphatic rings. The summed E-state index contributed by atoms with van der Waals surface area (Å²) in [6.07, 6.45) is 4.37. The van der Waals surface area contributed by atoms with E-state index in [4.69, 9.17) is 9.78 Å². The summed E-state index contributed by atoms with van der Waals surface area (Å²) in [5.41, 5.74) is 1.13. The van der Waals surface area contributed by atoms with Gasteiger partial charge in [0.2, 0.25) is 0 Å². The summed E-state index contributed by atoms with van der Waals surface area (Å²) >= 11 is 0. The third kappa shape index (κ3) is 6.36. The normalized spacial score (nSPS) is 13.5. The first-order valence-corrected chi connectivity index (χ1v) is 11.1. The van der Waals surface area contributed by atoms with Gasteiger partial charge in [-0.25, -0.2) is 0 Å². The summed E-state index contributed by atoms with van der Waals surface area (Å²) in [5, 5.41) is 17.3. The molecule has 2 heterocycles. The van der Waals surface area contributed by atoms with E-state index in [0.29, 0.717) is 24.3 Å². The van der Waals surface area contributed by atoms with E-state index in [1.54, 1.807) is 16.9 Å². The van der Waals surface area contributed by atoms with Crippen molar-refractivity contribution in [3.05, 3.63) is 35.5 Å². The van der Waals surface area contributed by atoms with Crippen molar-refractivity contribution in [3.8, 4) is 6.07 Å². The minimum Gasteiger partial charge on any atom is -0.360 e. The number of Topliss-reactive ketones (excluding diaryl/α,β-unsaturated/α-hetero) is 2. The molecule has 7 heteroatoms. The molecule has 0 fully saturated rings. The van der Waals surface area contributed by atoms with Crippen molar-refractivity contribution in [2.45, 2.75) is 79.2 Å². The fraction of sp³-hybridized carbons (Fsp3) is 0.625. The number of rotatable bonds is 12. The van der Waals surface area contributed by atoms with E-state index in [-0.39, 0.29) is 41.3 Å². The van der Waals surface area contributed by atoms with Gasteiger partial charge in [-0.2, -0.15) is 10.4 Å². The number of carbonyl (C=O) groups excluding carboxylic acids is 2. The van der Waals surface area contributed by atoms with Crippen LogP contribution in [0.1, 0.15) is 89.9 Å². The average Bonchev–Trinajstić information content (AvgIpc) is 3.34. The van der Waals surface area contributed by atoms with Crippen LogP contribution in [0.15, 0.2) is 22.9 Å². The molecule has 0 aromatic carbocycles. The molecule has 0 amide bonds.